The summed E-state index contributed by atoms with van der Waals surface area (Å²) in [5, 5.41) is 9.51. The van der Waals surface area contributed by atoms with E-state index in [1.165, 1.54) is 0 Å². The predicted molar refractivity (Wildman–Crippen MR) is 107 cm³/mol. The summed E-state index contributed by atoms with van der Waals surface area (Å²) in [5.74, 6) is -0.369. The van der Waals surface area contributed by atoms with Crippen LogP contribution in [0.4, 0.5) is 11.4 Å². The molecule has 2 amide bonds. The summed E-state index contributed by atoms with van der Waals surface area (Å²) in [4.78, 5) is 24.1. The van der Waals surface area contributed by atoms with Crippen molar-refractivity contribution in [3.63, 3.8) is 0 Å². The molecule has 0 fully saturated rings. The Morgan fingerprint density at radius 2 is 1.77 bits per heavy atom. The van der Waals surface area contributed by atoms with Gasteiger partial charge in [-0.1, -0.05) is 30.1 Å². The van der Waals surface area contributed by atoms with E-state index in [1.54, 1.807) is 42.5 Å². The molecule has 26 heavy (non-hydrogen) atoms. The molecule has 5 nitrogen and oxygen atoms in total. The summed E-state index contributed by atoms with van der Waals surface area (Å²) in [6, 6.07) is 11.9. The summed E-state index contributed by atoms with van der Waals surface area (Å²) in [5.41, 5.74) is 1.77. The van der Waals surface area contributed by atoms with E-state index in [-0.39, 0.29) is 24.4 Å². The van der Waals surface area contributed by atoms with Crippen LogP contribution in [0.2, 0.25) is 10.0 Å². The second kappa shape index (κ2) is 9.46. The average molecular weight is 394 g/mol. The number of halogens is 2. The van der Waals surface area contributed by atoms with Crippen molar-refractivity contribution in [3.05, 3.63) is 58.1 Å². The fourth-order valence-corrected chi connectivity index (χ4v) is 2.46. The van der Waals surface area contributed by atoms with Crippen LogP contribution in [0.5, 0.6) is 0 Å². The number of nitrogens with one attached hydrogen (secondary N) is 3. The van der Waals surface area contributed by atoms with Gasteiger partial charge in [0.1, 0.15) is 0 Å². The SMILES string of the molecule is CCC(C)NC(=O)c1ccc(NCC(=O)Nc2cc(Cl)ccc2Cl)cc1. The van der Waals surface area contributed by atoms with Crippen LogP contribution in [0.1, 0.15) is 30.6 Å². The summed E-state index contributed by atoms with van der Waals surface area (Å²) in [6.45, 7) is 4.03. The molecule has 1 unspecified atom stereocenters. The lowest BCUT2D eigenvalue weighted by Gasteiger charge is -2.12. The van der Waals surface area contributed by atoms with Crippen molar-refractivity contribution in [3.8, 4) is 0 Å². The first-order valence-electron chi connectivity index (χ1n) is 8.28. The first-order chi connectivity index (χ1) is 12.4. The highest BCUT2D eigenvalue weighted by Gasteiger charge is 2.09. The van der Waals surface area contributed by atoms with Gasteiger partial charge < -0.3 is 16.0 Å². The zero-order chi connectivity index (χ0) is 19.1. The monoisotopic (exact) mass is 393 g/mol. The van der Waals surface area contributed by atoms with E-state index in [0.717, 1.165) is 12.1 Å². The minimum atomic E-state index is -0.257. The minimum Gasteiger partial charge on any atom is -0.376 e. The number of amides is 2. The molecule has 0 aliphatic rings. The van der Waals surface area contributed by atoms with Crippen molar-refractivity contribution in [2.45, 2.75) is 26.3 Å². The van der Waals surface area contributed by atoms with E-state index in [0.29, 0.717) is 21.3 Å². The summed E-state index contributed by atoms with van der Waals surface area (Å²) in [7, 11) is 0. The molecule has 2 aromatic carbocycles. The topological polar surface area (TPSA) is 70.2 Å². The van der Waals surface area contributed by atoms with Crippen LogP contribution in [0, 0.1) is 0 Å². The zero-order valence-corrected chi connectivity index (χ0v) is 16.1. The molecule has 1 atom stereocenters. The second-order valence-electron chi connectivity index (χ2n) is 5.89. The number of rotatable bonds is 7. The quantitative estimate of drug-likeness (QED) is 0.644. The Labute approximate surface area is 163 Å². The van der Waals surface area contributed by atoms with Crippen LogP contribution in [0.15, 0.2) is 42.5 Å². The van der Waals surface area contributed by atoms with Crippen molar-refractivity contribution in [1.82, 2.24) is 5.32 Å². The lowest BCUT2D eigenvalue weighted by atomic mass is 10.1. The molecule has 0 aliphatic heterocycles. The molecule has 0 heterocycles. The van der Waals surface area contributed by atoms with Crippen LogP contribution >= 0.6 is 23.2 Å². The highest BCUT2D eigenvalue weighted by atomic mass is 35.5. The molecule has 138 valence electrons. The summed E-state index contributed by atoms with van der Waals surface area (Å²) >= 11 is 11.9. The molecule has 0 aromatic heterocycles. The van der Waals surface area contributed by atoms with E-state index in [2.05, 4.69) is 16.0 Å². The van der Waals surface area contributed by atoms with Gasteiger partial charge in [0.15, 0.2) is 0 Å². The molecule has 0 bridgehead atoms. The van der Waals surface area contributed by atoms with Crippen LogP contribution < -0.4 is 16.0 Å². The molecule has 7 heteroatoms. The fourth-order valence-electron chi connectivity index (χ4n) is 2.12. The van der Waals surface area contributed by atoms with Gasteiger partial charge in [-0.3, -0.25) is 9.59 Å². The Kier molecular flexibility index (Phi) is 7.30. The van der Waals surface area contributed by atoms with Gasteiger partial charge in [0.25, 0.3) is 5.91 Å². The standard InChI is InChI=1S/C19H21Cl2N3O2/c1-3-12(2)23-19(26)13-4-7-15(8-5-13)22-11-18(25)24-17-10-14(20)6-9-16(17)21/h4-10,12,22H,3,11H2,1-2H3,(H,23,26)(H,24,25). The van der Waals surface area contributed by atoms with E-state index in [9.17, 15) is 9.59 Å². The Bertz CT molecular complexity index is 779. The molecule has 2 aromatic rings. The van der Waals surface area contributed by atoms with Gasteiger partial charge in [0.2, 0.25) is 5.91 Å². The van der Waals surface area contributed by atoms with Crippen LogP contribution in [0.25, 0.3) is 0 Å². The third-order valence-electron chi connectivity index (χ3n) is 3.79. The highest BCUT2D eigenvalue weighted by Crippen LogP contribution is 2.25. The third-order valence-corrected chi connectivity index (χ3v) is 4.36. The normalized spacial score (nSPS) is 11.5. The number of anilines is 2. The number of hydrogen-bond acceptors (Lipinski definition) is 3. The van der Waals surface area contributed by atoms with Gasteiger partial charge in [-0.25, -0.2) is 0 Å². The maximum Gasteiger partial charge on any atom is 0.251 e. The number of carbonyl (C=O) groups excluding carboxylic acids is 2. The van der Waals surface area contributed by atoms with Gasteiger partial charge in [-0.05, 0) is 55.8 Å². The highest BCUT2D eigenvalue weighted by molar-refractivity contribution is 6.35. The molecule has 0 aliphatic carbocycles. The molecule has 0 spiro atoms. The molecule has 0 saturated heterocycles. The zero-order valence-electron chi connectivity index (χ0n) is 14.6. The third kappa shape index (κ3) is 5.93. The minimum absolute atomic E-state index is 0.0568. The van der Waals surface area contributed by atoms with Gasteiger partial charge in [-0.15, -0.1) is 0 Å². The van der Waals surface area contributed by atoms with Gasteiger partial charge in [0.05, 0.1) is 17.3 Å². The van der Waals surface area contributed by atoms with Crippen LogP contribution in [0.3, 0.4) is 0 Å². The molecular weight excluding hydrogens is 373 g/mol. The smallest absolute Gasteiger partial charge is 0.251 e. The van der Waals surface area contributed by atoms with Crippen molar-refractivity contribution in [1.29, 1.82) is 0 Å². The Morgan fingerprint density at radius 3 is 2.42 bits per heavy atom. The first-order valence-corrected chi connectivity index (χ1v) is 9.04. The predicted octanol–water partition coefficient (Wildman–Crippen LogP) is 4.57. The number of hydrogen-bond donors (Lipinski definition) is 3. The van der Waals surface area contributed by atoms with Crippen LogP contribution in [-0.4, -0.2) is 24.4 Å². The van der Waals surface area contributed by atoms with E-state index in [4.69, 9.17) is 23.2 Å². The van der Waals surface area contributed by atoms with Gasteiger partial charge in [-0.2, -0.15) is 0 Å². The van der Waals surface area contributed by atoms with Crippen LogP contribution in [-0.2, 0) is 4.79 Å². The molecule has 0 radical (unpaired) electrons. The lowest BCUT2D eigenvalue weighted by Crippen LogP contribution is -2.31. The maximum atomic E-state index is 12.0. The average Bonchev–Trinajstić information content (AvgIpc) is 2.63. The van der Waals surface area contributed by atoms with E-state index < -0.39 is 0 Å². The molecule has 2 rings (SSSR count). The van der Waals surface area contributed by atoms with Gasteiger partial charge >= 0.3 is 0 Å². The van der Waals surface area contributed by atoms with E-state index >= 15 is 0 Å². The molecule has 3 N–H and O–H groups in total. The summed E-state index contributed by atoms with van der Waals surface area (Å²) < 4.78 is 0. The van der Waals surface area contributed by atoms with Crippen molar-refractivity contribution in [2.75, 3.05) is 17.2 Å². The first kappa shape index (κ1) is 20.1. The fraction of sp³-hybridized carbons (Fsp3) is 0.263. The van der Waals surface area contributed by atoms with Crippen molar-refractivity contribution in [2.24, 2.45) is 0 Å². The largest absolute Gasteiger partial charge is 0.376 e. The van der Waals surface area contributed by atoms with E-state index in [1.807, 2.05) is 13.8 Å². The Balaban J connectivity index is 1.88. The molecule has 0 saturated carbocycles. The van der Waals surface area contributed by atoms with Crippen molar-refractivity contribution >= 4 is 46.4 Å². The number of benzene rings is 2. The van der Waals surface area contributed by atoms with Gasteiger partial charge in [0, 0.05) is 22.3 Å². The molecular formula is C19H21Cl2N3O2. The lowest BCUT2D eigenvalue weighted by molar-refractivity contribution is -0.114. The number of carbonyl (C=O) groups is 2. The maximum absolute atomic E-state index is 12.0. The summed E-state index contributed by atoms with van der Waals surface area (Å²) in [6.07, 6.45) is 0.872. The van der Waals surface area contributed by atoms with Crippen molar-refractivity contribution < 1.29 is 9.59 Å². The second-order valence-corrected chi connectivity index (χ2v) is 6.73. The Morgan fingerprint density at radius 1 is 1.08 bits per heavy atom. The Hall–Kier alpha value is -2.24.